The summed E-state index contributed by atoms with van der Waals surface area (Å²) in [6, 6.07) is 0. The number of nitrogens with zero attached hydrogens (tertiary/aromatic N) is 1. The zero-order valence-corrected chi connectivity index (χ0v) is 10.0. The van der Waals surface area contributed by atoms with Gasteiger partial charge in [-0.2, -0.15) is 0 Å². The van der Waals surface area contributed by atoms with Crippen LogP contribution >= 0.6 is 11.8 Å². The van der Waals surface area contributed by atoms with Crippen LogP contribution in [0.25, 0.3) is 0 Å². The van der Waals surface area contributed by atoms with Gasteiger partial charge in [0.15, 0.2) is 10.9 Å². The molecule has 0 unspecified atom stereocenters. The molecule has 0 aliphatic heterocycles. The maximum absolute atomic E-state index is 11.5. The predicted octanol–water partition coefficient (Wildman–Crippen LogP) is 0.677. The monoisotopic (exact) mass is 244 g/mol. The molecule has 16 heavy (non-hydrogen) atoms. The maximum atomic E-state index is 11.5. The zero-order valence-electron chi connectivity index (χ0n) is 9.20. The highest BCUT2D eigenvalue weighted by Crippen LogP contribution is 2.15. The van der Waals surface area contributed by atoms with Crippen LogP contribution in [0.15, 0.2) is 9.95 Å². The summed E-state index contributed by atoms with van der Waals surface area (Å²) in [6.07, 6.45) is 1.74. The normalized spacial score (nSPS) is 9.94. The van der Waals surface area contributed by atoms with Gasteiger partial charge in [0.25, 0.3) is 5.56 Å². The van der Waals surface area contributed by atoms with Crippen LogP contribution in [0.5, 0.6) is 5.75 Å². The van der Waals surface area contributed by atoms with Gasteiger partial charge in [0.1, 0.15) is 0 Å². The quantitative estimate of drug-likeness (QED) is 0.476. The SMILES string of the molecule is CCOC(=O)c1nc(SC)[nH]c(=O)c1OC. The lowest BCUT2D eigenvalue weighted by Gasteiger charge is -2.06. The number of H-pyrrole nitrogens is 1. The maximum Gasteiger partial charge on any atom is 0.361 e. The Morgan fingerprint density at radius 3 is 2.75 bits per heavy atom. The van der Waals surface area contributed by atoms with Gasteiger partial charge in [-0.25, -0.2) is 9.78 Å². The van der Waals surface area contributed by atoms with Crippen molar-refractivity contribution in [3.8, 4) is 5.75 Å². The number of esters is 1. The van der Waals surface area contributed by atoms with Crippen molar-refractivity contribution in [2.24, 2.45) is 0 Å². The molecule has 0 aliphatic carbocycles. The van der Waals surface area contributed by atoms with Crippen LogP contribution in [-0.4, -0.2) is 35.9 Å². The van der Waals surface area contributed by atoms with E-state index in [0.29, 0.717) is 5.16 Å². The number of thioether (sulfide) groups is 1. The molecule has 1 N–H and O–H groups in total. The van der Waals surface area contributed by atoms with Gasteiger partial charge in [-0.15, -0.1) is 0 Å². The minimum atomic E-state index is -0.666. The fourth-order valence-electron chi connectivity index (χ4n) is 1.07. The van der Waals surface area contributed by atoms with Crippen LogP contribution in [0.2, 0.25) is 0 Å². The Morgan fingerprint density at radius 1 is 1.56 bits per heavy atom. The molecule has 0 saturated heterocycles. The van der Waals surface area contributed by atoms with Crippen molar-refractivity contribution >= 4 is 17.7 Å². The van der Waals surface area contributed by atoms with Crippen molar-refractivity contribution in [3.05, 3.63) is 16.0 Å². The minimum Gasteiger partial charge on any atom is -0.489 e. The molecular formula is C9H12N2O4S. The lowest BCUT2D eigenvalue weighted by molar-refractivity contribution is 0.0513. The largest absolute Gasteiger partial charge is 0.489 e. The summed E-state index contributed by atoms with van der Waals surface area (Å²) in [5.74, 6) is -0.794. The second-order valence-electron chi connectivity index (χ2n) is 2.68. The van der Waals surface area contributed by atoms with Crippen molar-refractivity contribution in [1.29, 1.82) is 0 Å². The highest BCUT2D eigenvalue weighted by atomic mass is 32.2. The molecular weight excluding hydrogens is 232 g/mol. The number of nitrogens with one attached hydrogen (secondary N) is 1. The molecule has 0 fully saturated rings. The van der Waals surface area contributed by atoms with Crippen molar-refractivity contribution in [2.75, 3.05) is 20.0 Å². The summed E-state index contributed by atoms with van der Waals surface area (Å²) in [6.45, 7) is 1.89. The van der Waals surface area contributed by atoms with E-state index >= 15 is 0 Å². The molecule has 88 valence electrons. The molecule has 1 rings (SSSR count). The van der Waals surface area contributed by atoms with Crippen LogP contribution in [0.1, 0.15) is 17.4 Å². The molecule has 0 aromatic carbocycles. The van der Waals surface area contributed by atoms with E-state index in [-0.39, 0.29) is 18.1 Å². The second kappa shape index (κ2) is 5.55. The first-order valence-electron chi connectivity index (χ1n) is 4.53. The Morgan fingerprint density at radius 2 is 2.25 bits per heavy atom. The van der Waals surface area contributed by atoms with Gasteiger partial charge < -0.3 is 9.47 Å². The van der Waals surface area contributed by atoms with Gasteiger partial charge in [0.2, 0.25) is 5.75 Å². The Labute approximate surface area is 96.4 Å². The lowest BCUT2D eigenvalue weighted by Crippen LogP contribution is -2.19. The number of ether oxygens (including phenoxy) is 2. The van der Waals surface area contributed by atoms with Gasteiger partial charge in [-0.1, -0.05) is 11.8 Å². The molecule has 6 nitrogen and oxygen atoms in total. The molecule has 0 amide bonds. The van der Waals surface area contributed by atoms with Gasteiger partial charge >= 0.3 is 5.97 Å². The molecule has 0 bridgehead atoms. The standard InChI is InChI=1S/C9H12N2O4S/c1-4-15-8(13)5-6(14-2)7(12)11-9(10-5)16-3/h4H2,1-3H3,(H,10,11,12). The Kier molecular flexibility index (Phi) is 4.36. The molecule has 1 heterocycles. The Balaban J connectivity index is 3.28. The lowest BCUT2D eigenvalue weighted by atomic mass is 10.4. The molecule has 1 aromatic rings. The summed E-state index contributed by atoms with van der Waals surface area (Å²) in [4.78, 5) is 29.5. The first-order chi connectivity index (χ1) is 7.63. The number of hydrogen-bond acceptors (Lipinski definition) is 6. The van der Waals surface area contributed by atoms with Crippen LogP contribution in [-0.2, 0) is 4.74 Å². The molecule has 0 spiro atoms. The topological polar surface area (TPSA) is 81.3 Å². The second-order valence-corrected chi connectivity index (χ2v) is 3.47. The van der Waals surface area contributed by atoms with Crippen LogP contribution in [0.4, 0.5) is 0 Å². The van der Waals surface area contributed by atoms with Crippen LogP contribution in [0, 0.1) is 0 Å². The first-order valence-corrected chi connectivity index (χ1v) is 5.75. The third kappa shape index (κ3) is 2.54. The van der Waals surface area contributed by atoms with Crippen LogP contribution < -0.4 is 10.3 Å². The van der Waals surface area contributed by atoms with Crippen molar-refractivity contribution < 1.29 is 14.3 Å². The number of carbonyl (C=O) groups excluding carboxylic acids is 1. The molecule has 0 radical (unpaired) electrons. The number of aromatic amines is 1. The van der Waals surface area contributed by atoms with E-state index in [4.69, 9.17) is 9.47 Å². The Bertz CT molecular complexity index is 444. The molecule has 0 atom stereocenters. The number of aromatic nitrogens is 2. The van der Waals surface area contributed by atoms with E-state index in [1.54, 1.807) is 13.2 Å². The predicted molar refractivity (Wildman–Crippen MR) is 59.1 cm³/mol. The summed E-state index contributed by atoms with van der Waals surface area (Å²) in [7, 11) is 1.30. The highest BCUT2D eigenvalue weighted by molar-refractivity contribution is 7.98. The van der Waals surface area contributed by atoms with E-state index in [1.807, 2.05) is 0 Å². The van der Waals surface area contributed by atoms with Gasteiger partial charge in [0.05, 0.1) is 13.7 Å². The third-order valence-corrected chi connectivity index (χ3v) is 2.30. The summed E-state index contributed by atoms with van der Waals surface area (Å²) < 4.78 is 9.61. The van der Waals surface area contributed by atoms with Crippen molar-refractivity contribution in [3.63, 3.8) is 0 Å². The molecule has 1 aromatic heterocycles. The fourth-order valence-corrected chi connectivity index (χ4v) is 1.44. The number of hydrogen-bond donors (Lipinski definition) is 1. The fraction of sp³-hybridized carbons (Fsp3) is 0.444. The van der Waals surface area contributed by atoms with Crippen molar-refractivity contribution in [1.82, 2.24) is 9.97 Å². The number of methoxy groups -OCH3 is 1. The Hall–Kier alpha value is -1.50. The van der Waals surface area contributed by atoms with E-state index in [9.17, 15) is 9.59 Å². The summed E-state index contributed by atoms with van der Waals surface area (Å²) in [5.41, 5.74) is -0.595. The van der Waals surface area contributed by atoms with Gasteiger partial charge in [0, 0.05) is 0 Å². The first kappa shape index (κ1) is 12.6. The average molecular weight is 244 g/mol. The molecule has 7 heteroatoms. The van der Waals surface area contributed by atoms with E-state index in [2.05, 4.69) is 9.97 Å². The van der Waals surface area contributed by atoms with Gasteiger partial charge in [-0.3, -0.25) is 9.78 Å². The summed E-state index contributed by atoms with van der Waals surface area (Å²) >= 11 is 1.22. The smallest absolute Gasteiger partial charge is 0.361 e. The number of carbonyl (C=O) groups is 1. The highest BCUT2D eigenvalue weighted by Gasteiger charge is 2.19. The molecule has 0 aliphatic rings. The third-order valence-electron chi connectivity index (χ3n) is 1.72. The zero-order chi connectivity index (χ0) is 12.1. The minimum absolute atomic E-state index is 0.0996. The van der Waals surface area contributed by atoms with Crippen molar-refractivity contribution in [2.45, 2.75) is 12.1 Å². The van der Waals surface area contributed by atoms with E-state index < -0.39 is 11.5 Å². The van der Waals surface area contributed by atoms with Gasteiger partial charge in [-0.05, 0) is 13.2 Å². The molecule has 0 saturated carbocycles. The van der Waals surface area contributed by atoms with E-state index in [1.165, 1.54) is 18.9 Å². The van der Waals surface area contributed by atoms with Crippen LogP contribution in [0.3, 0.4) is 0 Å². The number of rotatable bonds is 4. The average Bonchev–Trinajstić information content (AvgIpc) is 2.28. The van der Waals surface area contributed by atoms with E-state index in [0.717, 1.165) is 0 Å². The summed E-state index contributed by atoms with van der Waals surface area (Å²) in [5, 5.41) is 0.342.